The number of carbonyl (C=O) groups excluding carboxylic acids is 1. The molecule has 0 atom stereocenters. The highest BCUT2D eigenvalue weighted by Crippen LogP contribution is 2.21. The van der Waals surface area contributed by atoms with Gasteiger partial charge in [0.2, 0.25) is 0 Å². The Morgan fingerprint density at radius 2 is 1.90 bits per heavy atom. The second-order valence-corrected chi connectivity index (χ2v) is 7.88. The van der Waals surface area contributed by atoms with Crippen LogP contribution < -0.4 is 10.2 Å². The van der Waals surface area contributed by atoms with E-state index in [0.29, 0.717) is 6.54 Å². The van der Waals surface area contributed by atoms with Crippen LogP contribution in [0.15, 0.2) is 23.3 Å². The summed E-state index contributed by atoms with van der Waals surface area (Å²) >= 11 is 0. The number of aromatic nitrogens is 1. The predicted molar refractivity (Wildman–Crippen MR) is 127 cm³/mol. The largest absolute Gasteiger partial charge is 0.469 e. The van der Waals surface area contributed by atoms with E-state index in [2.05, 4.69) is 44.1 Å². The molecule has 1 aromatic rings. The molecule has 29 heavy (non-hydrogen) atoms. The van der Waals surface area contributed by atoms with Gasteiger partial charge in [0.05, 0.1) is 13.0 Å². The van der Waals surface area contributed by atoms with E-state index in [1.54, 1.807) is 7.05 Å². The normalized spacial score (nSPS) is 18.9. The predicted octanol–water partition coefficient (Wildman–Crippen LogP) is 2.90. The summed E-state index contributed by atoms with van der Waals surface area (Å²) in [7, 11) is 3.26. The number of rotatable bonds is 4. The molecule has 2 saturated heterocycles. The van der Waals surface area contributed by atoms with Gasteiger partial charge in [-0.3, -0.25) is 9.79 Å². The first kappa shape index (κ1) is 23.7. The molecule has 0 bridgehead atoms. The van der Waals surface area contributed by atoms with Crippen molar-refractivity contribution in [2.45, 2.75) is 39.2 Å². The number of likely N-dealkylation sites (tertiary alicyclic amines) is 1. The van der Waals surface area contributed by atoms with Crippen LogP contribution in [0.25, 0.3) is 0 Å². The molecular weight excluding hydrogens is 481 g/mol. The first-order chi connectivity index (χ1) is 13.6. The van der Waals surface area contributed by atoms with Crippen molar-refractivity contribution in [1.82, 2.24) is 15.2 Å². The highest BCUT2D eigenvalue weighted by Gasteiger charge is 2.27. The van der Waals surface area contributed by atoms with Crippen LogP contribution in [-0.2, 0) is 16.1 Å². The first-order valence-electron chi connectivity index (χ1n) is 10.3. The fourth-order valence-corrected chi connectivity index (χ4v) is 3.95. The van der Waals surface area contributed by atoms with Crippen molar-refractivity contribution in [3.05, 3.63) is 23.9 Å². The molecule has 0 saturated carbocycles. The van der Waals surface area contributed by atoms with E-state index < -0.39 is 0 Å². The minimum atomic E-state index is -0.100. The minimum absolute atomic E-state index is 0. The Hall–Kier alpha value is -1.58. The molecule has 0 aromatic carbocycles. The quantitative estimate of drug-likeness (QED) is 0.288. The van der Waals surface area contributed by atoms with Crippen molar-refractivity contribution < 1.29 is 9.53 Å². The SMILES string of the molecule is CN=C(NCc1ccc(N2CCC(C)CC2)nc1)N1CCC(C(=O)OC)CC1.I. The zero-order valence-electron chi connectivity index (χ0n) is 17.8. The number of esters is 1. The lowest BCUT2D eigenvalue weighted by Crippen LogP contribution is -2.46. The number of halogens is 1. The van der Waals surface area contributed by atoms with Gasteiger partial charge in [-0.1, -0.05) is 13.0 Å². The number of carbonyl (C=O) groups is 1. The van der Waals surface area contributed by atoms with Crippen LogP contribution in [0.3, 0.4) is 0 Å². The van der Waals surface area contributed by atoms with Crippen LogP contribution in [0.1, 0.15) is 38.2 Å². The summed E-state index contributed by atoms with van der Waals surface area (Å²) in [6, 6.07) is 4.27. The third kappa shape index (κ3) is 6.45. The Kier molecular flexibility index (Phi) is 9.45. The van der Waals surface area contributed by atoms with E-state index in [1.807, 2.05) is 6.20 Å². The van der Waals surface area contributed by atoms with Crippen molar-refractivity contribution in [2.75, 3.05) is 45.2 Å². The molecule has 7 nitrogen and oxygen atoms in total. The summed E-state index contributed by atoms with van der Waals surface area (Å²) in [5.41, 5.74) is 1.14. The lowest BCUT2D eigenvalue weighted by atomic mass is 9.97. The topological polar surface area (TPSA) is 70.1 Å². The molecular formula is C21H34IN5O2. The Balaban J connectivity index is 0.00000300. The average molecular weight is 515 g/mol. The molecule has 2 aliphatic heterocycles. The Bertz CT molecular complexity index is 666. The van der Waals surface area contributed by atoms with Gasteiger partial charge in [-0.15, -0.1) is 24.0 Å². The number of nitrogens with one attached hydrogen (secondary N) is 1. The van der Waals surface area contributed by atoms with E-state index in [1.165, 1.54) is 20.0 Å². The number of nitrogens with zero attached hydrogens (tertiary/aromatic N) is 4. The Morgan fingerprint density at radius 3 is 2.45 bits per heavy atom. The minimum Gasteiger partial charge on any atom is -0.469 e. The van der Waals surface area contributed by atoms with E-state index in [0.717, 1.165) is 62.3 Å². The van der Waals surface area contributed by atoms with Gasteiger partial charge in [0.15, 0.2) is 5.96 Å². The molecule has 162 valence electrons. The number of guanidine groups is 1. The van der Waals surface area contributed by atoms with Gasteiger partial charge in [0.25, 0.3) is 0 Å². The third-order valence-electron chi connectivity index (χ3n) is 5.91. The smallest absolute Gasteiger partial charge is 0.308 e. The number of anilines is 1. The van der Waals surface area contributed by atoms with Gasteiger partial charge >= 0.3 is 5.97 Å². The number of hydrogen-bond acceptors (Lipinski definition) is 5. The van der Waals surface area contributed by atoms with E-state index in [-0.39, 0.29) is 35.9 Å². The fraction of sp³-hybridized carbons (Fsp3) is 0.667. The van der Waals surface area contributed by atoms with Crippen molar-refractivity contribution in [3.63, 3.8) is 0 Å². The monoisotopic (exact) mass is 515 g/mol. The molecule has 1 aromatic heterocycles. The van der Waals surface area contributed by atoms with Gasteiger partial charge in [-0.2, -0.15) is 0 Å². The zero-order valence-corrected chi connectivity index (χ0v) is 20.1. The number of aliphatic imine (C=N–C) groups is 1. The van der Waals surface area contributed by atoms with Crippen molar-refractivity contribution in [1.29, 1.82) is 0 Å². The molecule has 3 heterocycles. The fourth-order valence-electron chi connectivity index (χ4n) is 3.95. The molecule has 2 aliphatic rings. The second-order valence-electron chi connectivity index (χ2n) is 7.88. The van der Waals surface area contributed by atoms with Crippen LogP contribution >= 0.6 is 24.0 Å². The van der Waals surface area contributed by atoms with Gasteiger partial charge in [-0.05, 0) is 43.2 Å². The summed E-state index contributed by atoms with van der Waals surface area (Å²) in [5.74, 6) is 2.68. The summed E-state index contributed by atoms with van der Waals surface area (Å²) in [5, 5.41) is 3.42. The molecule has 3 rings (SSSR count). The lowest BCUT2D eigenvalue weighted by molar-refractivity contribution is -0.146. The number of ether oxygens (including phenoxy) is 1. The standard InChI is InChI=1S/C21H33N5O2.HI/c1-16-6-10-25(11-7-16)19-5-4-17(14-23-19)15-24-21(22-2)26-12-8-18(9-13-26)20(27)28-3;/h4-5,14,16,18H,6-13,15H2,1-3H3,(H,22,24);1H. The van der Waals surface area contributed by atoms with Crippen LogP contribution in [0.2, 0.25) is 0 Å². The summed E-state index contributed by atoms with van der Waals surface area (Å²) in [4.78, 5) is 25.3. The zero-order chi connectivity index (χ0) is 19.9. The summed E-state index contributed by atoms with van der Waals surface area (Å²) in [6.07, 6.45) is 6.05. The molecule has 8 heteroatoms. The van der Waals surface area contributed by atoms with Crippen LogP contribution in [-0.4, -0.2) is 62.1 Å². The number of piperidine rings is 2. The van der Waals surface area contributed by atoms with Crippen LogP contribution in [0, 0.1) is 11.8 Å². The van der Waals surface area contributed by atoms with Crippen LogP contribution in [0.5, 0.6) is 0 Å². The molecule has 2 fully saturated rings. The maximum Gasteiger partial charge on any atom is 0.308 e. The Labute approximate surface area is 191 Å². The molecule has 0 spiro atoms. The van der Waals surface area contributed by atoms with Gasteiger partial charge in [0, 0.05) is 46.0 Å². The van der Waals surface area contributed by atoms with Crippen molar-refractivity contribution in [3.8, 4) is 0 Å². The van der Waals surface area contributed by atoms with E-state index in [9.17, 15) is 4.79 Å². The number of hydrogen-bond donors (Lipinski definition) is 1. The number of methoxy groups -OCH3 is 1. The molecule has 1 N–H and O–H groups in total. The Morgan fingerprint density at radius 1 is 1.21 bits per heavy atom. The maximum atomic E-state index is 11.7. The second kappa shape index (κ2) is 11.6. The molecule has 0 unspecified atom stereocenters. The number of pyridine rings is 1. The highest BCUT2D eigenvalue weighted by molar-refractivity contribution is 14.0. The van der Waals surface area contributed by atoms with Gasteiger partial charge in [0.1, 0.15) is 5.82 Å². The lowest BCUT2D eigenvalue weighted by Gasteiger charge is -2.33. The van der Waals surface area contributed by atoms with Crippen molar-refractivity contribution >= 4 is 41.7 Å². The maximum absolute atomic E-state index is 11.7. The van der Waals surface area contributed by atoms with Gasteiger partial charge < -0.3 is 19.9 Å². The molecule has 0 aliphatic carbocycles. The van der Waals surface area contributed by atoms with E-state index in [4.69, 9.17) is 4.74 Å². The summed E-state index contributed by atoms with van der Waals surface area (Å²) in [6.45, 7) is 6.83. The molecule has 0 radical (unpaired) electrons. The highest BCUT2D eigenvalue weighted by atomic mass is 127. The molecule has 0 amide bonds. The van der Waals surface area contributed by atoms with E-state index >= 15 is 0 Å². The third-order valence-corrected chi connectivity index (χ3v) is 5.91. The first-order valence-corrected chi connectivity index (χ1v) is 10.3. The van der Waals surface area contributed by atoms with Crippen LogP contribution in [0.4, 0.5) is 5.82 Å². The average Bonchev–Trinajstić information content (AvgIpc) is 2.75. The van der Waals surface area contributed by atoms with Gasteiger partial charge in [-0.25, -0.2) is 4.98 Å². The van der Waals surface area contributed by atoms with Crippen molar-refractivity contribution in [2.24, 2.45) is 16.8 Å². The summed E-state index contributed by atoms with van der Waals surface area (Å²) < 4.78 is 4.86.